The van der Waals surface area contributed by atoms with Crippen LogP contribution in [0.3, 0.4) is 0 Å². The Labute approximate surface area is 134 Å². The number of likely N-dealkylation sites (tertiary alicyclic amines) is 1. The van der Waals surface area contributed by atoms with Crippen LogP contribution in [0.5, 0.6) is 0 Å². The van der Waals surface area contributed by atoms with Crippen LogP contribution < -0.4 is 0 Å². The van der Waals surface area contributed by atoms with Gasteiger partial charge in [0.2, 0.25) is 0 Å². The Hall–Kier alpha value is -1.03. The van der Waals surface area contributed by atoms with Crippen LogP contribution in [0.15, 0.2) is 22.7 Å². The largest absolute Gasteiger partial charge is 0.444 e. The van der Waals surface area contributed by atoms with Crippen molar-refractivity contribution in [2.45, 2.75) is 51.0 Å². The third-order valence-electron chi connectivity index (χ3n) is 4.52. The third kappa shape index (κ3) is 2.83. The molecule has 0 bridgehead atoms. The van der Waals surface area contributed by atoms with Gasteiger partial charge in [-0.2, -0.15) is 0 Å². The molecule has 0 aromatic heterocycles. The highest BCUT2D eigenvalue weighted by Gasteiger charge is 2.46. The molecule has 1 aliphatic carbocycles. The minimum Gasteiger partial charge on any atom is -0.444 e. The quantitative estimate of drug-likeness (QED) is 0.698. The van der Waals surface area contributed by atoms with Crippen molar-refractivity contribution in [1.82, 2.24) is 4.90 Å². The molecule has 1 spiro atoms. The predicted molar refractivity (Wildman–Crippen MR) is 86.6 cm³/mol. The zero-order valence-corrected chi connectivity index (χ0v) is 14.5. The van der Waals surface area contributed by atoms with E-state index in [4.69, 9.17) is 4.74 Å². The van der Waals surface area contributed by atoms with Crippen molar-refractivity contribution < 1.29 is 9.53 Å². The van der Waals surface area contributed by atoms with Crippen molar-refractivity contribution in [3.05, 3.63) is 33.8 Å². The van der Waals surface area contributed by atoms with Gasteiger partial charge in [0.1, 0.15) is 5.60 Å². The molecule has 0 N–H and O–H groups in total. The van der Waals surface area contributed by atoms with Crippen molar-refractivity contribution in [3.8, 4) is 0 Å². The summed E-state index contributed by atoms with van der Waals surface area (Å²) in [5, 5.41) is 0. The molecule has 1 aliphatic heterocycles. The zero-order chi connectivity index (χ0) is 15.3. The van der Waals surface area contributed by atoms with Crippen LogP contribution in [-0.2, 0) is 16.6 Å². The molecule has 114 valence electrons. The summed E-state index contributed by atoms with van der Waals surface area (Å²) in [6.07, 6.45) is 3.11. The van der Waals surface area contributed by atoms with Crippen LogP contribution in [0.2, 0.25) is 0 Å². The highest BCUT2D eigenvalue weighted by Crippen LogP contribution is 2.46. The Morgan fingerprint density at radius 2 is 2.10 bits per heavy atom. The number of fused-ring (bicyclic) bond motifs is 2. The second-order valence-corrected chi connectivity index (χ2v) is 8.15. The molecule has 1 saturated heterocycles. The minimum absolute atomic E-state index is 0.146. The van der Waals surface area contributed by atoms with Crippen LogP contribution in [0.4, 0.5) is 4.79 Å². The molecular weight excluding hydrogens is 330 g/mol. The number of carbonyl (C=O) groups is 1. The molecule has 1 aromatic carbocycles. The highest BCUT2D eigenvalue weighted by atomic mass is 79.9. The van der Waals surface area contributed by atoms with Crippen molar-refractivity contribution in [1.29, 1.82) is 0 Å². The number of nitrogens with zero attached hydrogens (tertiary/aromatic N) is 1. The summed E-state index contributed by atoms with van der Waals surface area (Å²) < 4.78 is 6.65. The van der Waals surface area contributed by atoms with Gasteiger partial charge in [0.05, 0.1) is 0 Å². The highest BCUT2D eigenvalue weighted by molar-refractivity contribution is 9.10. The summed E-state index contributed by atoms with van der Waals surface area (Å²) in [5.74, 6) is 0. The lowest BCUT2D eigenvalue weighted by molar-refractivity contribution is 0.0284. The van der Waals surface area contributed by atoms with Gasteiger partial charge in [-0.3, -0.25) is 0 Å². The molecule has 1 fully saturated rings. The Morgan fingerprint density at radius 1 is 1.33 bits per heavy atom. The Kier molecular flexibility index (Phi) is 3.55. The average Bonchev–Trinajstić information content (AvgIpc) is 2.94. The monoisotopic (exact) mass is 351 g/mol. The molecule has 0 saturated carbocycles. The normalized spacial score (nSPS) is 24.5. The van der Waals surface area contributed by atoms with Crippen LogP contribution in [-0.4, -0.2) is 29.7 Å². The van der Waals surface area contributed by atoms with E-state index in [0.29, 0.717) is 0 Å². The van der Waals surface area contributed by atoms with E-state index in [2.05, 4.69) is 34.1 Å². The summed E-state index contributed by atoms with van der Waals surface area (Å²) >= 11 is 3.55. The van der Waals surface area contributed by atoms with Crippen molar-refractivity contribution in [3.63, 3.8) is 0 Å². The van der Waals surface area contributed by atoms with Gasteiger partial charge in [-0.25, -0.2) is 4.79 Å². The molecule has 1 atom stereocenters. The van der Waals surface area contributed by atoms with E-state index in [0.717, 1.165) is 36.8 Å². The molecule has 3 nitrogen and oxygen atoms in total. The van der Waals surface area contributed by atoms with E-state index in [9.17, 15) is 4.79 Å². The number of ether oxygens (including phenoxy) is 1. The van der Waals surface area contributed by atoms with E-state index in [1.807, 2.05) is 25.7 Å². The number of hydrogen-bond donors (Lipinski definition) is 0. The smallest absolute Gasteiger partial charge is 0.410 e. The summed E-state index contributed by atoms with van der Waals surface area (Å²) in [7, 11) is 0. The fourth-order valence-corrected chi connectivity index (χ4v) is 3.98. The first-order valence-electron chi connectivity index (χ1n) is 7.56. The summed E-state index contributed by atoms with van der Waals surface area (Å²) in [5.41, 5.74) is 2.57. The van der Waals surface area contributed by atoms with Gasteiger partial charge in [-0.15, -0.1) is 0 Å². The first kappa shape index (κ1) is 14.9. The van der Waals surface area contributed by atoms with Gasteiger partial charge in [-0.1, -0.05) is 22.0 Å². The van der Waals surface area contributed by atoms with E-state index in [-0.39, 0.29) is 11.5 Å². The lowest BCUT2D eigenvalue weighted by Gasteiger charge is -2.27. The number of amides is 1. The Morgan fingerprint density at radius 3 is 2.81 bits per heavy atom. The molecule has 3 rings (SSSR count). The molecule has 1 heterocycles. The molecule has 1 amide bonds. The summed E-state index contributed by atoms with van der Waals surface area (Å²) in [6, 6.07) is 6.56. The summed E-state index contributed by atoms with van der Waals surface area (Å²) in [6.45, 7) is 7.33. The van der Waals surface area contributed by atoms with Crippen LogP contribution in [0.25, 0.3) is 0 Å². The van der Waals surface area contributed by atoms with Gasteiger partial charge < -0.3 is 9.64 Å². The zero-order valence-electron chi connectivity index (χ0n) is 12.9. The minimum atomic E-state index is -0.425. The lowest BCUT2D eigenvalue weighted by Crippen LogP contribution is -2.37. The topological polar surface area (TPSA) is 29.5 Å². The molecule has 21 heavy (non-hydrogen) atoms. The maximum atomic E-state index is 12.3. The predicted octanol–water partition coefficient (Wildman–Crippen LogP) is 4.27. The second kappa shape index (κ2) is 5.01. The van der Waals surface area contributed by atoms with E-state index in [1.165, 1.54) is 11.1 Å². The fourth-order valence-electron chi connectivity index (χ4n) is 3.57. The number of hydrogen-bond acceptors (Lipinski definition) is 2. The second-order valence-electron chi connectivity index (χ2n) is 7.23. The van der Waals surface area contributed by atoms with Crippen molar-refractivity contribution in [2.24, 2.45) is 0 Å². The number of benzene rings is 1. The van der Waals surface area contributed by atoms with Gasteiger partial charge >= 0.3 is 6.09 Å². The molecule has 0 radical (unpaired) electrons. The molecular formula is C17H22BrNO2. The van der Waals surface area contributed by atoms with Crippen molar-refractivity contribution in [2.75, 3.05) is 13.1 Å². The van der Waals surface area contributed by atoms with Crippen LogP contribution in [0.1, 0.15) is 44.7 Å². The standard InChI is InChI=1S/C17H22BrNO2/c1-16(2,3)21-15(20)19-9-8-17(11-19)7-6-12-10-13(18)4-5-14(12)17/h4-5,10H,6-9,11H2,1-3H3. The maximum absolute atomic E-state index is 12.3. The van der Waals surface area contributed by atoms with Gasteiger partial charge in [0, 0.05) is 23.0 Å². The van der Waals surface area contributed by atoms with Crippen LogP contribution >= 0.6 is 15.9 Å². The SMILES string of the molecule is CC(C)(C)OC(=O)N1CCC2(CCc3cc(Br)ccc32)C1. The fraction of sp³-hybridized carbons (Fsp3) is 0.588. The van der Waals surface area contributed by atoms with Gasteiger partial charge in [0.25, 0.3) is 0 Å². The molecule has 1 unspecified atom stereocenters. The van der Waals surface area contributed by atoms with Crippen LogP contribution in [0, 0.1) is 0 Å². The molecule has 4 heteroatoms. The number of carbonyl (C=O) groups excluding carboxylic acids is 1. The third-order valence-corrected chi connectivity index (χ3v) is 5.01. The molecule has 1 aromatic rings. The number of aryl methyl sites for hydroxylation is 1. The first-order chi connectivity index (χ1) is 9.79. The van der Waals surface area contributed by atoms with E-state index < -0.39 is 5.60 Å². The van der Waals surface area contributed by atoms with Crippen molar-refractivity contribution >= 4 is 22.0 Å². The number of rotatable bonds is 0. The van der Waals surface area contributed by atoms with Gasteiger partial charge in [-0.05, 0) is 63.3 Å². The van der Waals surface area contributed by atoms with E-state index >= 15 is 0 Å². The Balaban J connectivity index is 1.78. The van der Waals surface area contributed by atoms with Gasteiger partial charge in [0.15, 0.2) is 0 Å². The Bertz CT molecular complexity index is 579. The first-order valence-corrected chi connectivity index (χ1v) is 8.35. The summed E-state index contributed by atoms with van der Waals surface area (Å²) in [4.78, 5) is 14.1. The maximum Gasteiger partial charge on any atom is 0.410 e. The lowest BCUT2D eigenvalue weighted by atomic mass is 9.81. The molecule has 2 aliphatic rings. The van der Waals surface area contributed by atoms with E-state index in [1.54, 1.807) is 0 Å². The average molecular weight is 352 g/mol. The number of halogens is 1.